The van der Waals surface area contributed by atoms with Crippen LogP contribution in [0.15, 0.2) is 30.5 Å². The molecule has 0 saturated carbocycles. The number of thiol groups is 1. The Morgan fingerprint density at radius 1 is 1.33 bits per heavy atom. The van der Waals surface area contributed by atoms with E-state index in [0.717, 1.165) is 22.1 Å². The zero-order valence-corrected chi connectivity index (χ0v) is 10.0. The van der Waals surface area contributed by atoms with Gasteiger partial charge in [-0.15, -0.1) is 11.3 Å². The number of thiazole rings is 1. The van der Waals surface area contributed by atoms with Crippen LogP contribution in [0.3, 0.4) is 0 Å². The predicted octanol–water partition coefficient (Wildman–Crippen LogP) is 3.25. The number of methoxy groups -OCH3 is 1. The highest BCUT2D eigenvalue weighted by Crippen LogP contribution is 2.27. The van der Waals surface area contributed by atoms with E-state index in [1.165, 1.54) is 4.88 Å². The largest absolute Gasteiger partial charge is 0.497 e. The molecule has 0 bridgehead atoms. The summed E-state index contributed by atoms with van der Waals surface area (Å²) in [6, 6.07) is 7.91. The summed E-state index contributed by atoms with van der Waals surface area (Å²) in [5, 5.41) is 1.03. The second kappa shape index (κ2) is 4.68. The third-order valence-corrected chi connectivity index (χ3v) is 3.65. The van der Waals surface area contributed by atoms with Crippen LogP contribution in [0.4, 0.5) is 0 Å². The summed E-state index contributed by atoms with van der Waals surface area (Å²) in [6.07, 6.45) is 1.87. The maximum absolute atomic E-state index is 5.10. The molecule has 1 aromatic heterocycles. The molecule has 0 N–H and O–H groups in total. The molecule has 0 aliphatic heterocycles. The second-order valence-corrected chi connectivity index (χ2v) is 4.45. The Morgan fingerprint density at radius 3 is 2.60 bits per heavy atom. The van der Waals surface area contributed by atoms with E-state index in [-0.39, 0.29) is 0 Å². The normalized spacial score (nSPS) is 10.3. The van der Waals surface area contributed by atoms with E-state index in [4.69, 9.17) is 4.74 Å². The van der Waals surface area contributed by atoms with E-state index in [9.17, 15) is 0 Å². The molecule has 0 atom stereocenters. The molecule has 0 unspecified atom stereocenters. The molecule has 0 saturated heterocycles. The first kappa shape index (κ1) is 10.5. The zero-order valence-electron chi connectivity index (χ0n) is 8.30. The van der Waals surface area contributed by atoms with Crippen LogP contribution < -0.4 is 4.74 Å². The van der Waals surface area contributed by atoms with Crippen LogP contribution >= 0.6 is 24.0 Å². The highest BCUT2D eigenvalue weighted by Gasteiger charge is 2.03. The molecular formula is C11H11NOS2. The molecule has 15 heavy (non-hydrogen) atoms. The van der Waals surface area contributed by atoms with Crippen molar-refractivity contribution in [3.8, 4) is 16.3 Å². The van der Waals surface area contributed by atoms with Gasteiger partial charge in [-0.25, -0.2) is 4.98 Å². The van der Waals surface area contributed by atoms with Gasteiger partial charge in [0, 0.05) is 22.4 Å². The summed E-state index contributed by atoms with van der Waals surface area (Å²) in [6.45, 7) is 0. The van der Waals surface area contributed by atoms with Crippen LogP contribution in [0.25, 0.3) is 10.6 Å². The van der Waals surface area contributed by atoms with Crippen LogP contribution in [0.2, 0.25) is 0 Å². The van der Waals surface area contributed by atoms with Crippen molar-refractivity contribution in [2.24, 2.45) is 0 Å². The first-order valence-electron chi connectivity index (χ1n) is 4.53. The fourth-order valence-corrected chi connectivity index (χ4v) is 2.30. The standard InChI is InChI=1S/C11H11NOS2/c1-13-9-4-2-8(3-5-9)11-12-6-10(7-14)15-11/h2-6,14H,7H2,1H3. The highest BCUT2D eigenvalue weighted by molar-refractivity contribution is 7.79. The Labute approximate surface area is 98.3 Å². The summed E-state index contributed by atoms with van der Waals surface area (Å²) >= 11 is 5.89. The fourth-order valence-electron chi connectivity index (χ4n) is 1.25. The van der Waals surface area contributed by atoms with Gasteiger partial charge in [-0.1, -0.05) is 0 Å². The van der Waals surface area contributed by atoms with Crippen molar-refractivity contribution in [3.05, 3.63) is 35.3 Å². The third kappa shape index (κ3) is 2.33. The van der Waals surface area contributed by atoms with Crippen molar-refractivity contribution in [1.29, 1.82) is 0 Å². The number of benzene rings is 1. The minimum absolute atomic E-state index is 0.744. The number of hydrogen-bond donors (Lipinski definition) is 1. The van der Waals surface area contributed by atoms with Gasteiger partial charge in [0.05, 0.1) is 7.11 Å². The highest BCUT2D eigenvalue weighted by atomic mass is 32.1. The predicted molar refractivity (Wildman–Crippen MR) is 66.8 cm³/mol. The number of ether oxygens (including phenoxy) is 1. The molecule has 78 valence electrons. The summed E-state index contributed by atoms with van der Waals surface area (Å²) in [4.78, 5) is 5.53. The average Bonchev–Trinajstić information content (AvgIpc) is 2.78. The quantitative estimate of drug-likeness (QED) is 0.828. The second-order valence-electron chi connectivity index (χ2n) is 3.02. The van der Waals surface area contributed by atoms with Crippen molar-refractivity contribution in [2.75, 3.05) is 7.11 Å². The number of rotatable bonds is 3. The molecule has 0 aliphatic carbocycles. The van der Waals surface area contributed by atoms with Crippen molar-refractivity contribution >= 4 is 24.0 Å². The molecule has 1 aromatic carbocycles. The fraction of sp³-hybridized carbons (Fsp3) is 0.182. The van der Waals surface area contributed by atoms with Gasteiger partial charge in [-0.05, 0) is 24.3 Å². The summed E-state index contributed by atoms with van der Waals surface area (Å²) in [7, 11) is 1.66. The van der Waals surface area contributed by atoms with Crippen LogP contribution in [0.1, 0.15) is 4.88 Å². The first-order valence-corrected chi connectivity index (χ1v) is 5.98. The number of aromatic nitrogens is 1. The van der Waals surface area contributed by atoms with E-state index in [0.29, 0.717) is 0 Å². The summed E-state index contributed by atoms with van der Waals surface area (Å²) < 4.78 is 5.10. The monoisotopic (exact) mass is 237 g/mol. The zero-order chi connectivity index (χ0) is 10.7. The van der Waals surface area contributed by atoms with E-state index in [1.807, 2.05) is 30.5 Å². The molecule has 4 heteroatoms. The number of nitrogens with zero attached hydrogens (tertiary/aromatic N) is 1. The maximum atomic E-state index is 5.10. The summed E-state index contributed by atoms with van der Waals surface area (Å²) in [5.74, 6) is 1.61. The molecule has 2 nitrogen and oxygen atoms in total. The third-order valence-electron chi connectivity index (χ3n) is 2.05. The molecule has 0 amide bonds. The van der Waals surface area contributed by atoms with Gasteiger partial charge in [0.25, 0.3) is 0 Å². The summed E-state index contributed by atoms with van der Waals surface area (Å²) in [5.41, 5.74) is 1.12. The van der Waals surface area contributed by atoms with E-state index in [2.05, 4.69) is 17.6 Å². The van der Waals surface area contributed by atoms with Crippen LogP contribution in [0, 0.1) is 0 Å². The van der Waals surface area contributed by atoms with Crippen molar-refractivity contribution < 1.29 is 4.74 Å². The molecule has 2 aromatic rings. The van der Waals surface area contributed by atoms with Gasteiger partial charge in [-0.2, -0.15) is 12.6 Å². The smallest absolute Gasteiger partial charge is 0.123 e. The molecule has 0 radical (unpaired) electrons. The Balaban J connectivity index is 2.28. The lowest BCUT2D eigenvalue weighted by molar-refractivity contribution is 0.415. The lowest BCUT2D eigenvalue weighted by Gasteiger charge is -1.99. The van der Waals surface area contributed by atoms with Crippen molar-refractivity contribution in [1.82, 2.24) is 4.98 Å². The van der Waals surface area contributed by atoms with Crippen LogP contribution in [0.5, 0.6) is 5.75 Å². The SMILES string of the molecule is COc1ccc(-c2ncc(CS)s2)cc1. The van der Waals surface area contributed by atoms with Gasteiger partial charge in [0.2, 0.25) is 0 Å². The molecule has 0 aliphatic rings. The Kier molecular flexibility index (Phi) is 3.28. The molecular weight excluding hydrogens is 226 g/mol. The Morgan fingerprint density at radius 2 is 2.07 bits per heavy atom. The molecule has 2 rings (SSSR count). The average molecular weight is 237 g/mol. The van der Waals surface area contributed by atoms with Gasteiger partial charge >= 0.3 is 0 Å². The van der Waals surface area contributed by atoms with Crippen LogP contribution in [-0.4, -0.2) is 12.1 Å². The van der Waals surface area contributed by atoms with Crippen molar-refractivity contribution in [3.63, 3.8) is 0 Å². The van der Waals surface area contributed by atoms with Crippen molar-refractivity contribution in [2.45, 2.75) is 5.75 Å². The van der Waals surface area contributed by atoms with E-state index >= 15 is 0 Å². The van der Waals surface area contributed by atoms with E-state index in [1.54, 1.807) is 18.4 Å². The maximum Gasteiger partial charge on any atom is 0.123 e. The minimum atomic E-state index is 0.744. The van der Waals surface area contributed by atoms with Gasteiger partial charge < -0.3 is 4.74 Å². The number of hydrogen-bond acceptors (Lipinski definition) is 4. The lowest BCUT2D eigenvalue weighted by Crippen LogP contribution is -1.81. The van der Waals surface area contributed by atoms with Crippen LogP contribution in [-0.2, 0) is 5.75 Å². The molecule has 0 spiro atoms. The van der Waals surface area contributed by atoms with Gasteiger partial charge in [-0.3, -0.25) is 0 Å². The minimum Gasteiger partial charge on any atom is -0.497 e. The Hall–Kier alpha value is -1.00. The molecule has 1 heterocycles. The topological polar surface area (TPSA) is 22.1 Å². The Bertz CT molecular complexity index is 436. The van der Waals surface area contributed by atoms with Gasteiger partial charge in [0.15, 0.2) is 0 Å². The first-order chi connectivity index (χ1) is 7.33. The lowest BCUT2D eigenvalue weighted by atomic mass is 10.2. The van der Waals surface area contributed by atoms with E-state index < -0.39 is 0 Å². The molecule has 0 fully saturated rings. The van der Waals surface area contributed by atoms with Gasteiger partial charge in [0.1, 0.15) is 10.8 Å².